The van der Waals surface area contributed by atoms with Gasteiger partial charge in [0.05, 0.1) is 5.56 Å². The Morgan fingerprint density at radius 2 is 1.86 bits per heavy atom. The van der Waals surface area contributed by atoms with Gasteiger partial charge in [0.15, 0.2) is 11.6 Å². The number of benzene rings is 1. The number of nitrogens with one attached hydrogen (secondary N) is 1. The molecule has 21 heavy (non-hydrogen) atoms. The number of hydrogen-bond acceptors (Lipinski definition) is 3. The Kier molecular flexibility index (Phi) is 4.18. The van der Waals surface area contributed by atoms with Crippen LogP contribution in [0.1, 0.15) is 20.8 Å². The van der Waals surface area contributed by atoms with Crippen molar-refractivity contribution in [1.29, 1.82) is 0 Å². The highest BCUT2D eigenvalue weighted by Gasteiger charge is 2.15. The molecule has 0 radical (unpaired) electrons. The third-order valence-corrected chi connectivity index (χ3v) is 3.70. The van der Waals surface area contributed by atoms with E-state index in [1.807, 2.05) is 0 Å². The minimum atomic E-state index is -0.949. The molecule has 8 heteroatoms. The third-order valence-electron chi connectivity index (χ3n) is 2.65. The standard InChI is InChI=1S/C13H11F2N3O2S/c14-9-2-1-6(4-10(9)15)3-7-5-8(11(16)19)12(21-7)18-13(17)20/h1-2,4-5H,3H2,(H2,16,19)(H3,17,18,20). The number of carbonyl (C=O) groups is 2. The summed E-state index contributed by atoms with van der Waals surface area (Å²) >= 11 is 1.09. The Bertz CT molecular complexity index is 715. The molecule has 0 aliphatic rings. The molecular weight excluding hydrogens is 300 g/mol. The molecule has 0 unspecified atom stereocenters. The van der Waals surface area contributed by atoms with Gasteiger partial charge >= 0.3 is 6.03 Å². The van der Waals surface area contributed by atoms with Gasteiger partial charge in [-0.2, -0.15) is 0 Å². The van der Waals surface area contributed by atoms with E-state index in [-0.39, 0.29) is 17.0 Å². The zero-order valence-electron chi connectivity index (χ0n) is 10.7. The zero-order chi connectivity index (χ0) is 15.6. The van der Waals surface area contributed by atoms with Gasteiger partial charge in [-0.15, -0.1) is 11.3 Å². The van der Waals surface area contributed by atoms with E-state index in [4.69, 9.17) is 11.5 Å². The van der Waals surface area contributed by atoms with Crippen molar-refractivity contribution in [3.05, 3.63) is 51.9 Å². The SMILES string of the molecule is NC(=O)Nc1sc(Cc2ccc(F)c(F)c2)cc1C(N)=O. The second-order valence-electron chi connectivity index (χ2n) is 4.23. The van der Waals surface area contributed by atoms with Crippen LogP contribution in [0.5, 0.6) is 0 Å². The van der Waals surface area contributed by atoms with Crippen LogP contribution >= 0.6 is 11.3 Å². The first-order valence-corrected chi connectivity index (χ1v) is 6.61. The molecule has 5 N–H and O–H groups in total. The first-order chi connectivity index (χ1) is 9.86. The molecule has 1 heterocycles. The lowest BCUT2D eigenvalue weighted by Gasteiger charge is -2.00. The third kappa shape index (κ3) is 3.54. The summed E-state index contributed by atoms with van der Waals surface area (Å²) in [7, 11) is 0. The molecule has 3 amide bonds. The fraction of sp³-hybridized carbons (Fsp3) is 0.0769. The summed E-state index contributed by atoms with van der Waals surface area (Å²) < 4.78 is 26.0. The van der Waals surface area contributed by atoms with Crippen molar-refractivity contribution in [3.8, 4) is 0 Å². The zero-order valence-corrected chi connectivity index (χ0v) is 11.5. The Labute approximate surface area is 122 Å². The molecule has 0 spiro atoms. The monoisotopic (exact) mass is 311 g/mol. The minimum absolute atomic E-state index is 0.122. The molecule has 1 aromatic heterocycles. The number of rotatable bonds is 4. The molecule has 0 fully saturated rings. The number of primary amides is 2. The maximum atomic E-state index is 13.1. The Morgan fingerprint density at radius 1 is 1.14 bits per heavy atom. The van der Waals surface area contributed by atoms with Crippen molar-refractivity contribution >= 4 is 28.3 Å². The number of halogens is 2. The van der Waals surface area contributed by atoms with Gasteiger partial charge in [-0.05, 0) is 23.8 Å². The number of hydrogen-bond donors (Lipinski definition) is 3. The van der Waals surface area contributed by atoms with E-state index >= 15 is 0 Å². The quantitative estimate of drug-likeness (QED) is 0.806. The average Bonchev–Trinajstić information content (AvgIpc) is 2.76. The summed E-state index contributed by atoms with van der Waals surface area (Å²) in [4.78, 5) is 22.8. The summed E-state index contributed by atoms with van der Waals surface area (Å²) in [5.74, 6) is -2.60. The lowest BCUT2D eigenvalue weighted by molar-refractivity contribution is 0.100. The highest BCUT2D eigenvalue weighted by molar-refractivity contribution is 7.16. The van der Waals surface area contributed by atoms with Crippen molar-refractivity contribution in [3.63, 3.8) is 0 Å². The van der Waals surface area contributed by atoms with Crippen molar-refractivity contribution in [2.45, 2.75) is 6.42 Å². The maximum Gasteiger partial charge on any atom is 0.317 e. The smallest absolute Gasteiger partial charge is 0.317 e. The van der Waals surface area contributed by atoms with Crippen LogP contribution in [0.4, 0.5) is 18.6 Å². The van der Waals surface area contributed by atoms with Crippen LogP contribution in [0.2, 0.25) is 0 Å². The normalized spacial score (nSPS) is 10.4. The summed E-state index contributed by atoms with van der Waals surface area (Å²) in [6.07, 6.45) is 0.266. The first-order valence-electron chi connectivity index (χ1n) is 5.79. The van der Waals surface area contributed by atoms with Gasteiger partial charge in [-0.3, -0.25) is 10.1 Å². The molecule has 2 rings (SSSR count). The molecule has 5 nitrogen and oxygen atoms in total. The molecule has 1 aromatic carbocycles. The summed E-state index contributed by atoms with van der Waals surface area (Å²) in [5, 5.41) is 2.53. The molecule has 0 saturated heterocycles. The van der Waals surface area contributed by atoms with Gasteiger partial charge in [-0.25, -0.2) is 13.6 Å². The predicted octanol–water partition coefficient (Wildman–Crippen LogP) is 2.21. The largest absolute Gasteiger partial charge is 0.366 e. The van der Waals surface area contributed by atoms with Crippen LogP contribution in [0.15, 0.2) is 24.3 Å². The topological polar surface area (TPSA) is 98.2 Å². The molecule has 0 aliphatic carbocycles. The molecular formula is C13H11F2N3O2S. The van der Waals surface area contributed by atoms with Gasteiger partial charge in [0.25, 0.3) is 5.91 Å². The minimum Gasteiger partial charge on any atom is -0.366 e. The number of urea groups is 1. The second kappa shape index (κ2) is 5.88. The Balaban J connectivity index is 2.29. The number of thiophene rings is 1. The van der Waals surface area contributed by atoms with E-state index in [1.165, 1.54) is 12.1 Å². The van der Waals surface area contributed by atoms with Crippen molar-refractivity contribution in [1.82, 2.24) is 0 Å². The van der Waals surface area contributed by atoms with Crippen molar-refractivity contribution in [2.75, 3.05) is 5.32 Å². The van der Waals surface area contributed by atoms with Gasteiger partial charge in [0.2, 0.25) is 0 Å². The van der Waals surface area contributed by atoms with Gasteiger partial charge < -0.3 is 11.5 Å². The Hall–Kier alpha value is -2.48. The lowest BCUT2D eigenvalue weighted by Crippen LogP contribution is -2.21. The van der Waals surface area contributed by atoms with Crippen LogP contribution in [0.25, 0.3) is 0 Å². The highest BCUT2D eigenvalue weighted by atomic mass is 32.1. The summed E-state index contributed by atoms with van der Waals surface area (Å²) in [6, 6.07) is 4.19. The fourth-order valence-corrected chi connectivity index (χ4v) is 2.87. The Morgan fingerprint density at radius 3 is 2.43 bits per heavy atom. The van der Waals surface area contributed by atoms with Gasteiger partial charge in [0.1, 0.15) is 5.00 Å². The van der Waals surface area contributed by atoms with E-state index < -0.39 is 23.6 Å². The van der Waals surface area contributed by atoms with E-state index in [0.29, 0.717) is 10.4 Å². The maximum absolute atomic E-state index is 13.1. The van der Waals surface area contributed by atoms with E-state index in [9.17, 15) is 18.4 Å². The van der Waals surface area contributed by atoms with Crippen molar-refractivity contribution in [2.24, 2.45) is 11.5 Å². The average molecular weight is 311 g/mol. The first kappa shape index (κ1) is 14.9. The highest BCUT2D eigenvalue weighted by Crippen LogP contribution is 2.29. The predicted molar refractivity (Wildman–Crippen MR) is 75.2 cm³/mol. The van der Waals surface area contributed by atoms with E-state index in [2.05, 4.69) is 5.32 Å². The van der Waals surface area contributed by atoms with Crippen LogP contribution in [0, 0.1) is 11.6 Å². The van der Waals surface area contributed by atoms with Crippen LogP contribution in [0.3, 0.4) is 0 Å². The summed E-state index contributed by atoms with van der Waals surface area (Å²) in [6.45, 7) is 0. The van der Waals surface area contributed by atoms with Gasteiger partial charge in [-0.1, -0.05) is 6.07 Å². The van der Waals surface area contributed by atoms with E-state index in [1.54, 1.807) is 0 Å². The van der Waals surface area contributed by atoms with Crippen LogP contribution < -0.4 is 16.8 Å². The fourth-order valence-electron chi connectivity index (χ4n) is 1.77. The van der Waals surface area contributed by atoms with Crippen LogP contribution in [-0.4, -0.2) is 11.9 Å². The molecule has 0 saturated carbocycles. The summed E-state index contributed by atoms with van der Waals surface area (Å²) in [5.41, 5.74) is 10.9. The molecule has 2 aromatic rings. The van der Waals surface area contributed by atoms with Crippen LogP contribution in [-0.2, 0) is 6.42 Å². The van der Waals surface area contributed by atoms with Gasteiger partial charge in [0, 0.05) is 11.3 Å². The number of nitrogens with two attached hydrogens (primary N) is 2. The number of carbonyl (C=O) groups excluding carboxylic acids is 2. The molecule has 0 aliphatic heterocycles. The molecule has 110 valence electrons. The second-order valence-corrected chi connectivity index (χ2v) is 5.37. The van der Waals surface area contributed by atoms with E-state index in [0.717, 1.165) is 23.5 Å². The van der Waals surface area contributed by atoms with Crippen molar-refractivity contribution < 1.29 is 18.4 Å². The molecule has 0 atom stereocenters. The number of anilines is 1. The lowest BCUT2D eigenvalue weighted by atomic mass is 10.1. The number of amides is 3. The molecule has 0 bridgehead atoms.